The van der Waals surface area contributed by atoms with Gasteiger partial charge < -0.3 is 14.6 Å². The van der Waals surface area contributed by atoms with Gasteiger partial charge in [0.05, 0.1) is 16.1 Å². The molecule has 0 radical (unpaired) electrons. The van der Waals surface area contributed by atoms with Gasteiger partial charge in [-0.25, -0.2) is 0 Å². The van der Waals surface area contributed by atoms with Gasteiger partial charge in [0.2, 0.25) is 0 Å². The van der Waals surface area contributed by atoms with Gasteiger partial charge in [0, 0.05) is 59.8 Å². The highest BCUT2D eigenvalue weighted by atomic mass is 32.1. The normalized spacial score (nSPS) is 16.8. The van der Waals surface area contributed by atoms with Crippen molar-refractivity contribution < 1.29 is 4.42 Å². The van der Waals surface area contributed by atoms with Gasteiger partial charge in [-0.05, 0) is 87.8 Å². The number of anilines is 5. The van der Waals surface area contributed by atoms with Crippen LogP contribution in [0.5, 0.6) is 0 Å². The van der Waals surface area contributed by atoms with Crippen molar-refractivity contribution in [1.82, 2.24) is 0 Å². The summed E-state index contributed by atoms with van der Waals surface area (Å²) in [6, 6.07) is 47.7. The van der Waals surface area contributed by atoms with E-state index in [1.165, 1.54) is 94.4 Å². The van der Waals surface area contributed by atoms with Gasteiger partial charge in [-0.1, -0.05) is 138 Å². The third-order valence-electron chi connectivity index (χ3n) is 14.1. The van der Waals surface area contributed by atoms with E-state index in [9.17, 15) is 0 Å². The Bertz CT molecular complexity index is 3240. The SMILES string of the molecule is CC1(C)CCC(C)(C)c2cc(Nc3c(-c4c5c(cc6c4oc4ccccc46)N4c6ccccc6C(C)(C)c6cccc(c64)B5)ccc4c3sc3ccccc34)ccc21. The third kappa shape index (κ3) is 4.62. The summed E-state index contributed by atoms with van der Waals surface area (Å²) < 4.78 is 9.62. The zero-order valence-electron chi connectivity index (χ0n) is 34.0. The molecule has 0 saturated heterocycles. The van der Waals surface area contributed by atoms with Crippen LogP contribution >= 0.6 is 11.3 Å². The van der Waals surface area contributed by atoms with Gasteiger partial charge in [-0.15, -0.1) is 11.3 Å². The second-order valence-corrected chi connectivity index (χ2v) is 19.9. The number of para-hydroxylation sites is 3. The first-order chi connectivity index (χ1) is 28.0. The van der Waals surface area contributed by atoms with Gasteiger partial charge in [-0.3, -0.25) is 0 Å². The van der Waals surface area contributed by atoms with E-state index in [1.807, 2.05) is 11.3 Å². The van der Waals surface area contributed by atoms with Crippen LogP contribution in [0.4, 0.5) is 28.4 Å². The van der Waals surface area contributed by atoms with Crippen LogP contribution in [-0.4, -0.2) is 7.28 Å². The van der Waals surface area contributed by atoms with Crippen LogP contribution in [0, 0.1) is 0 Å². The van der Waals surface area contributed by atoms with Crippen molar-refractivity contribution in [3.05, 3.63) is 150 Å². The van der Waals surface area contributed by atoms with E-state index in [0.717, 1.165) is 40.6 Å². The lowest BCUT2D eigenvalue weighted by Crippen LogP contribution is -2.45. The molecule has 12 rings (SSSR count). The Morgan fingerprint density at radius 2 is 1.36 bits per heavy atom. The quantitative estimate of drug-likeness (QED) is 0.182. The second-order valence-electron chi connectivity index (χ2n) is 18.8. The number of thiophene rings is 1. The summed E-state index contributed by atoms with van der Waals surface area (Å²) in [5.74, 6) is 0. The van der Waals surface area contributed by atoms with Crippen molar-refractivity contribution in [2.45, 2.75) is 70.6 Å². The molecule has 0 atom stereocenters. The second kappa shape index (κ2) is 11.7. The van der Waals surface area contributed by atoms with Crippen molar-refractivity contribution >= 4 is 100 Å². The van der Waals surface area contributed by atoms with Crippen molar-refractivity contribution in [2.24, 2.45) is 0 Å². The highest BCUT2D eigenvalue weighted by Crippen LogP contribution is 2.55. The fraction of sp³-hybridized carbons (Fsp3) is 0.208. The number of nitrogens with zero attached hydrogens (tertiary/aromatic N) is 1. The Morgan fingerprint density at radius 1 is 0.621 bits per heavy atom. The first-order valence-electron chi connectivity index (χ1n) is 20.9. The molecule has 1 aliphatic carbocycles. The Morgan fingerprint density at radius 3 is 2.22 bits per heavy atom. The largest absolute Gasteiger partial charge is 0.455 e. The van der Waals surface area contributed by atoms with Gasteiger partial charge in [0.1, 0.15) is 11.2 Å². The zero-order chi connectivity index (χ0) is 39.3. The molecule has 7 aromatic carbocycles. The predicted molar refractivity (Wildman–Crippen MR) is 250 cm³/mol. The van der Waals surface area contributed by atoms with Crippen LogP contribution in [-0.2, 0) is 16.2 Å². The summed E-state index contributed by atoms with van der Waals surface area (Å²) in [5.41, 5.74) is 18.7. The van der Waals surface area contributed by atoms with Crippen LogP contribution in [0.1, 0.15) is 76.6 Å². The molecule has 0 saturated carbocycles. The zero-order valence-corrected chi connectivity index (χ0v) is 34.8. The van der Waals surface area contributed by atoms with Crippen molar-refractivity contribution in [1.29, 1.82) is 0 Å². The summed E-state index contributed by atoms with van der Waals surface area (Å²) in [6.07, 6.45) is 2.37. The maximum absolute atomic E-state index is 7.06. The molecule has 1 N–H and O–H groups in total. The monoisotopic (exact) mass is 768 g/mol. The minimum Gasteiger partial charge on any atom is -0.455 e. The fourth-order valence-corrected chi connectivity index (χ4v) is 12.1. The summed E-state index contributed by atoms with van der Waals surface area (Å²) in [4.78, 5) is 2.58. The summed E-state index contributed by atoms with van der Waals surface area (Å²) >= 11 is 1.88. The Balaban J connectivity index is 1.18. The Kier molecular flexibility index (Phi) is 6.90. The molecular weight excluding hydrogens is 723 g/mol. The number of fused-ring (bicyclic) bond motifs is 11. The number of nitrogens with one attached hydrogen (secondary N) is 1. The molecule has 0 fully saturated rings. The van der Waals surface area contributed by atoms with E-state index >= 15 is 0 Å². The van der Waals surface area contributed by atoms with E-state index < -0.39 is 0 Å². The third-order valence-corrected chi connectivity index (χ3v) is 15.3. The molecule has 0 amide bonds. The van der Waals surface area contributed by atoms with Gasteiger partial charge in [-0.2, -0.15) is 0 Å². The van der Waals surface area contributed by atoms with Crippen molar-refractivity contribution in [3.8, 4) is 11.1 Å². The first kappa shape index (κ1) is 34.3. The van der Waals surface area contributed by atoms with Crippen LogP contribution in [0.2, 0.25) is 0 Å². The lowest BCUT2D eigenvalue weighted by Gasteiger charge is -2.46. The molecule has 5 heteroatoms. The van der Waals surface area contributed by atoms with E-state index in [1.54, 1.807) is 0 Å². The molecule has 4 heterocycles. The molecule has 0 unspecified atom stereocenters. The molecule has 3 aliphatic rings. The molecule has 2 aromatic heterocycles. The average Bonchev–Trinajstić information content (AvgIpc) is 3.79. The average molecular weight is 769 g/mol. The standard InChI is InChI=1S/C53H45BN2OS/c1-51(2)26-27-52(3,4)39-28-30(22-25-36(39)51)55-47-34(24-23-33-32-15-8-12-21-44(32)58-50(33)47)45-46-42(29-35-31-14-7-11-20-43(31)57-49(35)45)56-41-19-10-9-16-37(41)53(5,6)38-17-13-18-40(54-46)48(38)56/h7-25,28-29,54-55H,26-27H2,1-6H3. The van der Waals surface area contributed by atoms with Crippen molar-refractivity contribution in [3.63, 3.8) is 0 Å². The highest BCUT2D eigenvalue weighted by molar-refractivity contribution is 7.26. The lowest BCUT2D eigenvalue weighted by molar-refractivity contribution is 0.332. The number of rotatable bonds is 3. The van der Waals surface area contributed by atoms with Crippen LogP contribution in [0.15, 0.2) is 132 Å². The van der Waals surface area contributed by atoms with Crippen LogP contribution in [0.3, 0.4) is 0 Å². The van der Waals surface area contributed by atoms with E-state index in [4.69, 9.17) is 4.42 Å². The Hall–Kier alpha value is -5.78. The topological polar surface area (TPSA) is 28.4 Å². The van der Waals surface area contributed by atoms with Crippen molar-refractivity contribution in [2.75, 3.05) is 10.2 Å². The van der Waals surface area contributed by atoms with E-state index in [-0.39, 0.29) is 16.2 Å². The maximum atomic E-state index is 7.06. The predicted octanol–water partition coefficient (Wildman–Crippen LogP) is 13.5. The first-order valence-corrected chi connectivity index (χ1v) is 21.7. The van der Waals surface area contributed by atoms with Crippen LogP contribution in [0.25, 0.3) is 53.2 Å². The minimum absolute atomic E-state index is 0.0967. The fourth-order valence-electron chi connectivity index (χ4n) is 10.9. The smallest absolute Gasteiger partial charge is 0.198 e. The molecule has 9 aromatic rings. The van der Waals surface area contributed by atoms with Gasteiger partial charge in [0.25, 0.3) is 0 Å². The highest BCUT2D eigenvalue weighted by Gasteiger charge is 2.42. The molecule has 2 aliphatic heterocycles. The van der Waals surface area contributed by atoms with E-state index in [2.05, 4.69) is 179 Å². The number of hydrogen-bond acceptors (Lipinski definition) is 4. The number of benzene rings is 7. The lowest BCUT2D eigenvalue weighted by atomic mass is 9.55. The van der Waals surface area contributed by atoms with Gasteiger partial charge >= 0.3 is 0 Å². The maximum Gasteiger partial charge on any atom is 0.198 e. The number of furan rings is 1. The molecule has 0 bridgehead atoms. The number of hydrogen-bond donors (Lipinski definition) is 1. The van der Waals surface area contributed by atoms with E-state index in [0.29, 0.717) is 0 Å². The molecule has 3 nitrogen and oxygen atoms in total. The summed E-state index contributed by atoms with van der Waals surface area (Å²) in [6.45, 7) is 14.4. The molecule has 58 heavy (non-hydrogen) atoms. The Labute approximate surface area is 344 Å². The van der Waals surface area contributed by atoms with Gasteiger partial charge in [0.15, 0.2) is 7.28 Å². The van der Waals surface area contributed by atoms with Crippen LogP contribution < -0.4 is 21.1 Å². The molecule has 282 valence electrons. The summed E-state index contributed by atoms with van der Waals surface area (Å²) in [7, 11) is 0.807. The molecule has 0 spiro atoms. The summed E-state index contributed by atoms with van der Waals surface area (Å²) in [5, 5.41) is 9.00. The molecular formula is C53H45BN2OS. The minimum atomic E-state index is -0.132.